The predicted molar refractivity (Wildman–Crippen MR) is 112 cm³/mol. The quantitative estimate of drug-likeness (QED) is 0.791. The summed E-state index contributed by atoms with van der Waals surface area (Å²) in [6, 6.07) is 3.18. The van der Waals surface area contributed by atoms with E-state index in [9.17, 15) is 0 Å². The van der Waals surface area contributed by atoms with E-state index in [2.05, 4.69) is 20.4 Å². The average Bonchev–Trinajstić information content (AvgIpc) is 3.14. The van der Waals surface area contributed by atoms with E-state index in [0.717, 1.165) is 36.0 Å². The normalized spacial score (nSPS) is 44.0. The Hall–Kier alpha value is -0.160. The van der Waals surface area contributed by atoms with Crippen LogP contribution < -0.4 is 10.6 Å². The lowest BCUT2D eigenvalue weighted by atomic mass is 9.77. The van der Waals surface area contributed by atoms with Gasteiger partial charge in [-0.1, -0.05) is 25.7 Å². The molecular formula is C23H42N4. The molecule has 6 unspecified atom stereocenters. The van der Waals surface area contributed by atoms with E-state index in [0.29, 0.717) is 0 Å². The monoisotopic (exact) mass is 374 g/mol. The van der Waals surface area contributed by atoms with Crippen molar-refractivity contribution in [2.24, 2.45) is 11.8 Å². The summed E-state index contributed by atoms with van der Waals surface area (Å²) in [5.41, 5.74) is 0. The van der Waals surface area contributed by atoms with Gasteiger partial charge in [-0.3, -0.25) is 9.80 Å². The van der Waals surface area contributed by atoms with Crippen LogP contribution in [-0.4, -0.2) is 66.8 Å². The molecule has 27 heavy (non-hydrogen) atoms. The van der Waals surface area contributed by atoms with Gasteiger partial charge in [0.25, 0.3) is 0 Å². The van der Waals surface area contributed by atoms with Gasteiger partial charge >= 0.3 is 0 Å². The van der Waals surface area contributed by atoms with E-state index in [1.807, 2.05) is 0 Å². The minimum absolute atomic E-state index is 0.750. The van der Waals surface area contributed by atoms with Crippen molar-refractivity contribution in [1.29, 1.82) is 0 Å². The van der Waals surface area contributed by atoms with Crippen LogP contribution in [0.1, 0.15) is 77.0 Å². The number of hydrogen-bond acceptors (Lipinski definition) is 4. The van der Waals surface area contributed by atoms with E-state index in [1.165, 1.54) is 110 Å². The van der Waals surface area contributed by atoms with Crippen LogP contribution in [0.15, 0.2) is 0 Å². The molecule has 2 N–H and O–H groups in total. The van der Waals surface area contributed by atoms with Gasteiger partial charge in [-0.25, -0.2) is 0 Å². The van der Waals surface area contributed by atoms with Crippen molar-refractivity contribution in [3.8, 4) is 0 Å². The summed E-state index contributed by atoms with van der Waals surface area (Å²) in [7, 11) is 0. The zero-order valence-corrected chi connectivity index (χ0v) is 17.4. The van der Waals surface area contributed by atoms with Crippen molar-refractivity contribution < 1.29 is 0 Å². The Kier molecular flexibility index (Phi) is 6.06. The summed E-state index contributed by atoms with van der Waals surface area (Å²) in [5, 5.41) is 8.07. The van der Waals surface area contributed by atoms with Gasteiger partial charge in [0.05, 0.1) is 6.67 Å². The van der Waals surface area contributed by atoms with E-state index >= 15 is 0 Å². The average molecular weight is 375 g/mol. The van der Waals surface area contributed by atoms with E-state index in [1.54, 1.807) is 0 Å². The Morgan fingerprint density at radius 3 is 1.56 bits per heavy atom. The third kappa shape index (κ3) is 4.55. The molecule has 0 aromatic heterocycles. The zero-order chi connectivity index (χ0) is 18.1. The molecule has 0 amide bonds. The molecular weight excluding hydrogens is 332 g/mol. The lowest BCUT2D eigenvalue weighted by molar-refractivity contribution is 0.130. The van der Waals surface area contributed by atoms with Crippen LogP contribution in [0.25, 0.3) is 0 Å². The van der Waals surface area contributed by atoms with Gasteiger partial charge in [0.2, 0.25) is 0 Å². The highest BCUT2D eigenvalue weighted by Gasteiger charge is 2.35. The number of rotatable bonds is 4. The number of hydrogen-bond donors (Lipinski definition) is 2. The Morgan fingerprint density at radius 2 is 1.04 bits per heavy atom. The summed E-state index contributed by atoms with van der Waals surface area (Å²) in [6.07, 6.45) is 17.5. The third-order valence-electron chi connectivity index (χ3n) is 8.58. The zero-order valence-electron chi connectivity index (χ0n) is 17.4. The minimum atomic E-state index is 0.750. The lowest BCUT2D eigenvalue weighted by Crippen LogP contribution is -2.53. The van der Waals surface area contributed by atoms with Gasteiger partial charge in [-0.2, -0.15) is 0 Å². The lowest BCUT2D eigenvalue weighted by Gasteiger charge is -2.42. The number of fused-ring (bicyclic) bond motifs is 2. The molecule has 0 spiro atoms. The van der Waals surface area contributed by atoms with E-state index < -0.39 is 0 Å². The molecule has 0 aromatic carbocycles. The van der Waals surface area contributed by atoms with Gasteiger partial charge in [0, 0.05) is 50.3 Å². The largest absolute Gasteiger partial charge is 0.310 e. The number of nitrogens with zero attached hydrogens (tertiary/aromatic N) is 2. The minimum Gasteiger partial charge on any atom is -0.310 e. The molecule has 0 radical (unpaired) electrons. The molecule has 5 aliphatic rings. The maximum absolute atomic E-state index is 4.04. The molecule has 0 aromatic rings. The second-order valence-corrected chi connectivity index (χ2v) is 10.5. The second-order valence-electron chi connectivity index (χ2n) is 10.5. The van der Waals surface area contributed by atoms with Crippen LogP contribution >= 0.6 is 0 Å². The van der Waals surface area contributed by atoms with E-state index in [4.69, 9.17) is 0 Å². The fraction of sp³-hybridized carbons (Fsp3) is 1.00. The Labute approximate surface area is 166 Å². The predicted octanol–water partition coefficient (Wildman–Crippen LogP) is 3.18. The Bertz CT molecular complexity index is 441. The van der Waals surface area contributed by atoms with Crippen LogP contribution in [0, 0.1) is 11.8 Å². The summed E-state index contributed by atoms with van der Waals surface area (Å²) >= 11 is 0. The molecule has 3 saturated heterocycles. The van der Waals surface area contributed by atoms with Crippen molar-refractivity contribution >= 4 is 0 Å². The molecule has 154 valence electrons. The highest BCUT2D eigenvalue weighted by molar-refractivity contribution is 4.93. The van der Waals surface area contributed by atoms with Gasteiger partial charge in [0.15, 0.2) is 0 Å². The summed E-state index contributed by atoms with van der Waals surface area (Å²) in [4.78, 5) is 5.46. The van der Waals surface area contributed by atoms with E-state index in [-0.39, 0.29) is 0 Å². The standard InChI is InChI=1S/C23H42N4/c1-3-7-22-18(5-1)9-11-20(24-22)15-26-13-14-27(17-26)16-21-12-10-19-6-2-4-8-23(19)25-21/h18-25H,1-17H2. The summed E-state index contributed by atoms with van der Waals surface area (Å²) in [6.45, 7) is 6.33. The second kappa shape index (κ2) is 8.69. The smallest absolute Gasteiger partial charge is 0.0508 e. The molecule has 3 aliphatic heterocycles. The highest BCUT2D eigenvalue weighted by atomic mass is 15.4. The van der Waals surface area contributed by atoms with Gasteiger partial charge < -0.3 is 10.6 Å². The van der Waals surface area contributed by atoms with Crippen LogP contribution in [0.3, 0.4) is 0 Å². The number of nitrogens with one attached hydrogen (secondary N) is 2. The van der Waals surface area contributed by atoms with Crippen molar-refractivity contribution in [2.45, 2.75) is 101 Å². The first kappa shape index (κ1) is 18.8. The maximum atomic E-state index is 4.04. The van der Waals surface area contributed by atoms with Crippen LogP contribution in [0.5, 0.6) is 0 Å². The molecule has 3 heterocycles. The first-order chi connectivity index (χ1) is 13.3. The molecule has 4 heteroatoms. The topological polar surface area (TPSA) is 30.5 Å². The van der Waals surface area contributed by atoms with Crippen LogP contribution in [0.2, 0.25) is 0 Å². The fourth-order valence-electron chi connectivity index (χ4n) is 7.06. The van der Waals surface area contributed by atoms with Crippen molar-refractivity contribution in [3.05, 3.63) is 0 Å². The number of piperidine rings is 2. The Morgan fingerprint density at radius 1 is 0.556 bits per heavy atom. The molecule has 4 nitrogen and oxygen atoms in total. The maximum Gasteiger partial charge on any atom is 0.0508 e. The first-order valence-corrected chi connectivity index (χ1v) is 12.3. The van der Waals surface area contributed by atoms with Crippen LogP contribution in [0.4, 0.5) is 0 Å². The highest BCUT2D eigenvalue weighted by Crippen LogP contribution is 2.33. The molecule has 0 bridgehead atoms. The van der Waals surface area contributed by atoms with Crippen LogP contribution in [-0.2, 0) is 0 Å². The van der Waals surface area contributed by atoms with Crippen molar-refractivity contribution in [2.75, 3.05) is 32.8 Å². The molecule has 2 aliphatic carbocycles. The van der Waals surface area contributed by atoms with Crippen molar-refractivity contribution in [3.63, 3.8) is 0 Å². The van der Waals surface area contributed by atoms with Crippen molar-refractivity contribution in [1.82, 2.24) is 20.4 Å². The molecule has 5 rings (SSSR count). The Balaban J connectivity index is 1.05. The first-order valence-electron chi connectivity index (χ1n) is 12.3. The summed E-state index contributed by atoms with van der Waals surface area (Å²) in [5.74, 6) is 1.98. The van der Waals surface area contributed by atoms with Gasteiger partial charge in [-0.05, 0) is 63.2 Å². The molecule has 2 saturated carbocycles. The summed E-state index contributed by atoms with van der Waals surface area (Å²) < 4.78 is 0. The SMILES string of the molecule is C1CCC2NC(CN3CCN(CC4CCC5CCCCC5N4)C3)CCC2C1. The molecule has 6 atom stereocenters. The molecule has 5 fully saturated rings. The fourth-order valence-corrected chi connectivity index (χ4v) is 7.06. The third-order valence-corrected chi connectivity index (χ3v) is 8.58. The van der Waals surface area contributed by atoms with Gasteiger partial charge in [0.1, 0.15) is 0 Å². The van der Waals surface area contributed by atoms with Gasteiger partial charge in [-0.15, -0.1) is 0 Å².